The van der Waals surface area contributed by atoms with Crippen molar-refractivity contribution >= 4 is 5.97 Å². The van der Waals surface area contributed by atoms with Crippen LogP contribution in [-0.2, 0) is 4.79 Å². The minimum Gasteiger partial charge on any atom is -0.480 e. The highest BCUT2D eigenvalue weighted by atomic mass is 19.1. The summed E-state index contributed by atoms with van der Waals surface area (Å²) in [5.41, 5.74) is 0.591. The number of piperidine rings is 1. The lowest BCUT2D eigenvalue weighted by Crippen LogP contribution is -2.42. The first-order chi connectivity index (χ1) is 10.6. The van der Waals surface area contributed by atoms with E-state index >= 15 is 0 Å². The molecule has 1 aliphatic heterocycles. The monoisotopic (exact) mass is 304 g/mol. The number of hydrogen-bond acceptors (Lipinski definition) is 4. The van der Waals surface area contributed by atoms with E-state index in [1.807, 2.05) is 4.90 Å². The van der Waals surface area contributed by atoms with Crippen LogP contribution in [0.25, 0.3) is 0 Å². The van der Waals surface area contributed by atoms with E-state index in [0.717, 1.165) is 12.8 Å². The smallest absolute Gasteiger partial charge is 0.325 e. The Hall–Kier alpha value is -2.28. The molecule has 6 nitrogen and oxygen atoms in total. The zero-order valence-corrected chi connectivity index (χ0v) is 12.0. The molecule has 0 amide bonds. The molecule has 1 fully saturated rings. The normalized spacial score (nSPS) is 20.7. The van der Waals surface area contributed by atoms with Crippen molar-refractivity contribution < 1.29 is 14.3 Å². The van der Waals surface area contributed by atoms with Crippen LogP contribution in [0.3, 0.4) is 0 Å². The van der Waals surface area contributed by atoms with Crippen molar-refractivity contribution in [1.82, 2.24) is 19.9 Å². The van der Waals surface area contributed by atoms with E-state index in [9.17, 15) is 14.3 Å². The molecular formula is C15H17FN4O2. The van der Waals surface area contributed by atoms with Crippen LogP contribution in [0.5, 0.6) is 0 Å². The molecule has 0 radical (unpaired) electrons. The maximum Gasteiger partial charge on any atom is 0.325 e. The average molecular weight is 304 g/mol. The van der Waals surface area contributed by atoms with E-state index in [2.05, 4.69) is 10.3 Å². The molecule has 7 heteroatoms. The first-order valence-corrected chi connectivity index (χ1v) is 7.23. The standard InChI is InChI=1S/C15H17FN4O2/c16-12-5-3-11(4-6-12)14(15(21)22)19-8-1-2-13(10-19)20-9-7-17-18-20/h3-7,9,13-14H,1-2,8,10H2,(H,21,22). The molecule has 2 atom stereocenters. The molecule has 1 aliphatic rings. The number of likely N-dealkylation sites (tertiary alicyclic amines) is 1. The van der Waals surface area contributed by atoms with Crippen LogP contribution in [0.15, 0.2) is 36.7 Å². The van der Waals surface area contributed by atoms with E-state index < -0.39 is 12.0 Å². The minimum absolute atomic E-state index is 0.110. The molecule has 2 unspecified atom stereocenters. The Morgan fingerprint density at radius 1 is 1.36 bits per heavy atom. The molecule has 1 N–H and O–H groups in total. The van der Waals surface area contributed by atoms with Crippen LogP contribution < -0.4 is 0 Å². The number of aromatic nitrogens is 3. The summed E-state index contributed by atoms with van der Waals surface area (Å²) in [6.07, 6.45) is 5.24. The van der Waals surface area contributed by atoms with Gasteiger partial charge in [0.2, 0.25) is 0 Å². The number of hydrogen-bond donors (Lipinski definition) is 1. The van der Waals surface area contributed by atoms with E-state index in [4.69, 9.17) is 0 Å². The van der Waals surface area contributed by atoms with Crippen molar-refractivity contribution in [2.45, 2.75) is 24.9 Å². The molecule has 0 bridgehead atoms. The zero-order chi connectivity index (χ0) is 15.5. The number of aliphatic carboxylic acids is 1. The molecule has 0 saturated carbocycles. The van der Waals surface area contributed by atoms with Gasteiger partial charge >= 0.3 is 5.97 Å². The van der Waals surface area contributed by atoms with Gasteiger partial charge < -0.3 is 5.11 Å². The van der Waals surface area contributed by atoms with Gasteiger partial charge in [-0.3, -0.25) is 9.69 Å². The molecule has 0 spiro atoms. The van der Waals surface area contributed by atoms with Crippen molar-refractivity contribution in [2.24, 2.45) is 0 Å². The summed E-state index contributed by atoms with van der Waals surface area (Å²) in [6.45, 7) is 1.28. The Kier molecular flexibility index (Phi) is 4.15. The van der Waals surface area contributed by atoms with E-state index in [1.54, 1.807) is 17.1 Å². The fraction of sp³-hybridized carbons (Fsp3) is 0.400. The van der Waals surface area contributed by atoms with Crippen LogP contribution >= 0.6 is 0 Å². The Morgan fingerprint density at radius 3 is 2.77 bits per heavy atom. The SMILES string of the molecule is O=C(O)C(c1ccc(F)cc1)N1CCCC(n2ccnn2)C1. The Balaban J connectivity index is 1.82. The second-order valence-corrected chi connectivity index (χ2v) is 5.47. The third-order valence-corrected chi connectivity index (χ3v) is 4.03. The fourth-order valence-corrected chi connectivity index (χ4v) is 3.00. The Labute approximate surface area is 127 Å². The molecule has 1 aromatic carbocycles. The van der Waals surface area contributed by atoms with Crippen LogP contribution in [-0.4, -0.2) is 44.1 Å². The number of rotatable bonds is 4. The molecule has 1 aromatic heterocycles. The number of benzene rings is 1. The predicted octanol–water partition coefficient (Wildman–Crippen LogP) is 1.88. The highest BCUT2D eigenvalue weighted by Gasteiger charge is 2.32. The summed E-state index contributed by atoms with van der Waals surface area (Å²) < 4.78 is 14.8. The molecule has 3 rings (SSSR count). The lowest BCUT2D eigenvalue weighted by atomic mass is 9.99. The predicted molar refractivity (Wildman–Crippen MR) is 76.6 cm³/mol. The summed E-state index contributed by atoms with van der Waals surface area (Å²) in [6, 6.07) is 5.00. The van der Waals surface area contributed by atoms with Gasteiger partial charge in [-0.2, -0.15) is 0 Å². The number of carboxylic acids is 1. The quantitative estimate of drug-likeness (QED) is 0.934. The minimum atomic E-state index is -0.925. The van der Waals surface area contributed by atoms with Gasteiger partial charge in [-0.1, -0.05) is 17.3 Å². The molecule has 22 heavy (non-hydrogen) atoms. The highest BCUT2D eigenvalue weighted by molar-refractivity contribution is 5.75. The molecule has 2 aromatic rings. The maximum atomic E-state index is 13.1. The van der Waals surface area contributed by atoms with Crippen LogP contribution in [0.4, 0.5) is 4.39 Å². The molecule has 0 aliphatic carbocycles. The van der Waals surface area contributed by atoms with Crippen LogP contribution in [0, 0.1) is 5.82 Å². The van der Waals surface area contributed by atoms with E-state index in [-0.39, 0.29) is 11.9 Å². The maximum absolute atomic E-state index is 13.1. The molecular weight excluding hydrogens is 287 g/mol. The summed E-state index contributed by atoms with van der Waals surface area (Å²) in [7, 11) is 0. The summed E-state index contributed by atoms with van der Waals surface area (Å²) >= 11 is 0. The summed E-state index contributed by atoms with van der Waals surface area (Å²) in [5, 5.41) is 17.4. The van der Waals surface area contributed by atoms with Gasteiger partial charge in [-0.25, -0.2) is 9.07 Å². The van der Waals surface area contributed by atoms with E-state index in [0.29, 0.717) is 18.7 Å². The average Bonchev–Trinajstić information content (AvgIpc) is 3.04. The van der Waals surface area contributed by atoms with Gasteiger partial charge in [0.05, 0.1) is 12.2 Å². The highest BCUT2D eigenvalue weighted by Crippen LogP contribution is 2.29. The third-order valence-electron chi connectivity index (χ3n) is 4.03. The zero-order valence-electron chi connectivity index (χ0n) is 12.0. The summed E-state index contributed by atoms with van der Waals surface area (Å²) in [5.74, 6) is -1.29. The van der Waals surface area contributed by atoms with Gasteiger partial charge in [0.15, 0.2) is 0 Å². The van der Waals surface area contributed by atoms with E-state index in [1.165, 1.54) is 24.3 Å². The van der Waals surface area contributed by atoms with Gasteiger partial charge in [-0.05, 0) is 37.1 Å². The largest absolute Gasteiger partial charge is 0.480 e. The summed E-state index contributed by atoms with van der Waals surface area (Å²) in [4.78, 5) is 13.6. The molecule has 116 valence electrons. The van der Waals surface area contributed by atoms with Crippen molar-refractivity contribution in [2.75, 3.05) is 13.1 Å². The number of carboxylic acid groups (broad SMARTS) is 1. The third kappa shape index (κ3) is 2.99. The molecule has 2 heterocycles. The van der Waals surface area contributed by atoms with Crippen LogP contribution in [0.1, 0.15) is 30.5 Å². The van der Waals surface area contributed by atoms with Crippen LogP contribution in [0.2, 0.25) is 0 Å². The van der Waals surface area contributed by atoms with Crippen molar-refractivity contribution in [3.8, 4) is 0 Å². The fourth-order valence-electron chi connectivity index (χ4n) is 3.00. The Bertz CT molecular complexity index is 630. The van der Waals surface area contributed by atoms with Gasteiger partial charge in [0, 0.05) is 12.7 Å². The number of halogens is 1. The van der Waals surface area contributed by atoms with Crippen molar-refractivity contribution in [3.05, 3.63) is 48.0 Å². The van der Waals surface area contributed by atoms with Gasteiger partial charge in [0.25, 0.3) is 0 Å². The second-order valence-electron chi connectivity index (χ2n) is 5.47. The van der Waals surface area contributed by atoms with Crippen molar-refractivity contribution in [1.29, 1.82) is 0 Å². The lowest BCUT2D eigenvalue weighted by molar-refractivity contribution is -0.144. The molecule has 1 saturated heterocycles. The topological polar surface area (TPSA) is 71.2 Å². The lowest BCUT2D eigenvalue weighted by Gasteiger charge is -2.36. The van der Waals surface area contributed by atoms with Gasteiger partial charge in [0.1, 0.15) is 11.9 Å². The first kappa shape index (κ1) is 14.6. The number of carbonyl (C=O) groups is 1. The first-order valence-electron chi connectivity index (χ1n) is 7.23. The Morgan fingerprint density at radius 2 is 2.14 bits per heavy atom. The number of nitrogens with zero attached hydrogens (tertiary/aromatic N) is 4. The van der Waals surface area contributed by atoms with Gasteiger partial charge in [-0.15, -0.1) is 5.10 Å². The van der Waals surface area contributed by atoms with Crippen molar-refractivity contribution in [3.63, 3.8) is 0 Å². The second kappa shape index (κ2) is 6.23.